The summed E-state index contributed by atoms with van der Waals surface area (Å²) < 4.78 is 33.2. The van der Waals surface area contributed by atoms with E-state index in [1.807, 2.05) is 0 Å². The van der Waals surface area contributed by atoms with E-state index in [1.165, 1.54) is 11.4 Å². The highest BCUT2D eigenvalue weighted by Crippen LogP contribution is 2.25. The molecule has 0 aromatic rings. The maximum Gasteiger partial charge on any atom is 0.324 e. The summed E-state index contributed by atoms with van der Waals surface area (Å²) >= 11 is 0. The summed E-state index contributed by atoms with van der Waals surface area (Å²) in [5, 5.41) is 0. The Morgan fingerprint density at radius 1 is 1.00 bits per heavy atom. The third-order valence-corrected chi connectivity index (χ3v) is 6.16. The molecule has 0 unspecified atom stereocenters. The Labute approximate surface area is 121 Å². The third-order valence-electron chi connectivity index (χ3n) is 4.11. The van der Waals surface area contributed by atoms with Crippen LogP contribution in [0.4, 0.5) is 0 Å². The Morgan fingerprint density at radius 2 is 1.60 bits per heavy atom. The molecule has 7 heteroatoms. The molecule has 0 saturated carbocycles. The van der Waals surface area contributed by atoms with Crippen molar-refractivity contribution < 1.29 is 17.9 Å². The van der Waals surface area contributed by atoms with Crippen molar-refractivity contribution in [2.75, 3.05) is 26.7 Å². The van der Waals surface area contributed by atoms with Crippen molar-refractivity contribution in [1.82, 2.24) is 8.61 Å². The van der Waals surface area contributed by atoms with Crippen LogP contribution in [0.2, 0.25) is 0 Å². The number of rotatable bonds is 3. The molecule has 0 N–H and O–H groups in total. The summed E-state index contributed by atoms with van der Waals surface area (Å²) in [6.07, 6.45) is 6.18. The number of nitrogens with zero attached hydrogens (tertiary/aromatic N) is 2. The van der Waals surface area contributed by atoms with Gasteiger partial charge in [0.2, 0.25) is 0 Å². The fraction of sp³-hybridized carbons (Fsp3) is 0.923. The molecule has 0 aromatic carbocycles. The van der Waals surface area contributed by atoms with Gasteiger partial charge in [0, 0.05) is 19.6 Å². The van der Waals surface area contributed by atoms with Crippen LogP contribution in [0.25, 0.3) is 0 Å². The van der Waals surface area contributed by atoms with Gasteiger partial charge in [-0.25, -0.2) is 0 Å². The van der Waals surface area contributed by atoms with Gasteiger partial charge >= 0.3 is 5.97 Å². The predicted octanol–water partition coefficient (Wildman–Crippen LogP) is 1.13. The summed E-state index contributed by atoms with van der Waals surface area (Å²) in [5.74, 6) is -0.442. The first-order chi connectivity index (χ1) is 9.57. The molecule has 2 aliphatic rings. The maximum absolute atomic E-state index is 12.8. The van der Waals surface area contributed by atoms with Gasteiger partial charge in [-0.05, 0) is 32.1 Å². The number of esters is 1. The minimum Gasteiger partial charge on any atom is -0.468 e. The molecule has 2 rings (SSSR count). The van der Waals surface area contributed by atoms with Crippen LogP contribution in [0, 0.1) is 0 Å². The van der Waals surface area contributed by atoms with E-state index in [0.29, 0.717) is 26.1 Å². The van der Waals surface area contributed by atoms with Crippen LogP contribution >= 0.6 is 0 Å². The molecule has 2 fully saturated rings. The van der Waals surface area contributed by atoms with E-state index in [0.717, 1.165) is 38.5 Å². The first-order valence-corrected chi connectivity index (χ1v) is 8.82. The molecule has 2 aliphatic heterocycles. The number of methoxy groups -OCH3 is 1. The lowest BCUT2D eigenvalue weighted by Crippen LogP contribution is -2.53. The Balaban J connectivity index is 2.18. The van der Waals surface area contributed by atoms with E-state index in [9.17, 15) is 13.2 Å². The standard InChI is InChI=1S/C13H24N2O4S/c1-19-13(16)12-8-4-7-11-15(12)20(17,18)14-9-5-2-3-6-10-14/h12H,2-11H2,1H3/t12-/m1/s1. The van der Waals surface area contributed by atoms with E-state index in [1.54, 1.807) is 4.31 Å². The molecule has 0 bridgehead atoms. The van der Waals surface area contributed by atoms with E-state index >= 15 is 0 Å². The van der Waals surface area contributed by atoms with Gasteiger partial charge in [-0.1, -0.05) is 12.8 Å². The molecule has 20 heavy (non-hydrogen) atoms. The Hall–Kier alpha value is -0.660. The van der Waals surface area contributed by atoms with Gasteiger partial charge in [-0.2, -0.15) is 17.0 Å². The fourth-order valence-corrected chi connectivity index (χ4v) is 4.86. The van der Waals surface area contributed by atoms with Crippen molar-refractivity contribution in [2.24, 2.45) is 0 Å². The van der Waals surface area contributed by atoms with E-state index in [4.69, 9.17) is 4.74 Å². The van der Waals surface area contributed by atoms with E-state index in [-0.39, 0.29) is 0 Å². The lowest BCUT2D eigenvalue weighted by Gasteiger charge is -2.36. The van der Waals surface area contributed by atoms with Crippen molar-refractivity contribution in [3.05, 3.63) is 0 Å². The molecule has 2 heterocycles. The van der Waals surface area contributed by atoms with E-state index in [2.05, 4.69) is 0 Å². The van der Waals surface area contributed by atoms with Crippen molar-refractivity contribution in [1.29, 1.82) is 0 Å². The summed E-state index contributed by atoms with van der Waals surface area (Å²) in [6, 6.07) is -0.651. The average Bonchev–Trinajstić information content (AvgIpc) is 2.76. The summed E-state index contributed by atoms with van der Waals surface area (Å²) in [5.41, 5.74) is 0. The van der Waals surface area contributed by atoms with Gasteiger partial charge in [0.25, 0.3) is 10.2 Å². The van der Waals surface area contributed by atoms with Gasteiger partial charge in [0.15, 0.2) is 0 Å². The Kier molecular flexibility index (Phi) is 5.40. The molecular formula is C13H24N2O4S. The first kappa shape index (κ1) is 15.7. The fourth-order valence-electron chi connectivity index (χ4n) is 2.97. The topological polar surface area (TPSA) is 66.9 Å². The second-order valence-corrected chi connectivity index (χ2v) is 7.35. The second-order valence-electron chi connectivity index (χ2n) is 5.47. The summed E-state index contributed by atoms with van der Waals surface area (Å²) in [7, 11) is -2.23. The zero-order valence-electron chi connectivity index (χ0n) is 12.1. The highest BCUT2D eigenvalue weighted by molar-refractivity contribution is 7.86. The number of ether oxygens (including phenoxy) is 1. The summed E-state index contributed by atoms with van der Waals surface area (Å²) in [6.45, 7) is 1.54. The summed E-state index contributed by atoms with van der Waals surface area (Å²) in [4.78, 5) is 11.8. The highest BCUT2D eigenvalue weighted by atomic mass is 32.2. The van der Waals surface area contributed by atoms with Crippen molar-refractivity contribution >= 4 is 16.2 Å². The van der Waals surface area contributed by atoms with Crippen molar-refractivity contribution in [2.45, 2.75) is 51.0 Å². The SMILES string of the molecule is COC(=O)[C@H]1CCCCN1S(=O)(=O)N1CCCCCC1. The predicted molar refractivity (Wildman–Crippen MR) is 75.3 cm³/mol. The second kappa shape index (κ2) is 6.87. The van der Waals surface area contributed by atoms with Crippen LogP contribution in [0.5, 0.6) is 0 Å². The normalized spacial score (nSPS) is 26.9. The van der Waals surface area contributed by atoms with Gasteiger partial charge in [0.1, 0.15) is 6.04 Å². The molecule has 1 atom stereocenters. The highest BCUT2D eigenvalue weighted by Gasteiger charge is 2.40. The van der Waals surface area contributed by atoms with Gasteiger partial charge in [0.05, 0.1) is 7.11 Å². The Morgan fingerprint density at radius 3 is 2.20 bits per heavy atom. The lowest BCUT2D eigenvalue weighted by molar-refractivity contribution is -0.146. The van der Waals surface area contributed by atoms with Crippen molar-refractivity contribution in [3.63, 3.8) is 0 Å². The minimum atomic E-state index is -3.55. The molecule has 0 aromatic heterocycles. The molecule has 0 radical (unpaired) electrons. The molecule has 116 valence electrons. The monoisotopic (exact) mass is 304 g/mol. The maximum atomic E-state index is 12.8. The van der Waals surface area contributed by atoms with Gasteiger partial charge in [-0.3, -0.25) is 4.79 Å². The molecule has 6 nitrogen and oxygen atoms in total. The molecule has 0 aliphatic carbocycles. The first-order valence-electron chi connectivity index (χ1n) is 7.42. The number of carbonyl (C=O) groups excluding carboxylic acids is 1. The van der Waals surface area contributed by atoms with Crippen LogP contribution < -0.4 is 0 Å². The number of hydrogen-bond acceptors (Lipinski definition) is 4. The molecule has 2 saturated heterocycles. The smallest absolute Gasteiger partial charge is 0.324 e. The lowest BCUT2D eigenvalue weighted by atomic mass is 10.1. The zero-order valence-corrected chi connectivity index (χ0v) is 12.9. The van der Waals surface area contributed by atoms with Crippen LogP contribution in [0.1, 0.15) is 44.9 Å². The molecular weight excluding hydrogens is 280 g/mol. The molecule has 0 amide bonds. The zero-order chi connectivity index (χ0) is 14.6. The average molecular weight is 304 g/mol. The number of carbonyl (C=O) groups is 1. The minimum absolute atomic E-state index is 0.415. The van der Waals surface area contributed by atoms with Gasteiger partial charge < -0.3 is 4.74 Å². The van der Waals surface area contributed by atoms with E-state index < -0.39 is 22.2 Å². The molecule has 0 spiro atoms. The van der Waals surface area contributed by atoms with Crippen LogP contribution in [0.15, 0.2) is 0 Å². The van der Waals surface area contributed by atoms with Crippen LogP contribution in [-0.4, -0.2) is 55.8 Å². The largest absolute Gasteiger partial charge is 0.468 e. The van der Waals surface area contributed by atoms with Crippen LogP contribution in [0.3, 0.4) is 0 Å². The third kappa shape index (κ3) is 3.32. The Bertz CT molecular complexity index is 430. The van der Waals surface area contributed by atoms with Crippen molar-refractivity contribution in [3.8, 4) is 0 Å². The van der Waals surface area contributed by atoms with Gasteiger partial charge in [-0.15, -0.1) is 0 Å². The van der Waals surface area contributed by atoms with Crippen LogP contribution in [-0.2, 0) is 19.7 Å². The quantitative estimate of drug-likeness (QED) is 0.733. The number of piperidine rings is 1. The number of hydrogen-bond donors (Lipinski definition) is 0.